The van der Waals surface area contributed by atoms with E-state index in [1.807, 2.05) is 0 Å². The van der Waals surface area contributed by atoms with Gasteiger partial charge in [0.25, 0.3) is 0 Å². The van der Waals surface area contributed by atoms with Gasteiger partial charge in [-0.25, -0.2) is 0 Å². The molecule has 3 aromatic rings. The van der Waals surface area contributed by atoms with Crippen molar-refractivity contribution in [3.05, 3.63) is 123 Å². The Balaban J connectivity index is 0.00000240. The SMILES string of the molecule is Cc1cc(C)cc(C(C2=[C-]C(c3ccccc3)=CC2)c2cc(C)cc(C)c2)c1.[Cl-].[Cl-].[Cl-].[Ti+4]. The largest absolute Gasteiger partial charge is 4.00 e. The van der Waals surface area contributed by atoms with E-state index in [-0.39, 0.29) is 64.9 Å². The van der Waals surface area contributed by atoms with Crippen LogP contribution in [0.3, 0.4) is 0 Å². The monoisotopic (exact) mass is 516 g/mol. The summed E-state index contributed by atoms with van der Waals surface area (Å²) in [6.45, 7) is 8.76. The van der Waals surface area contributed by atoms with Gasteiger partial charge in [0.15, 0.2) is 0 Å². The van der Waals surface area contributed by atoms with Crippen LogP contribution < -0.4 is 37.2 Å². The zero-order valence-electron chi connectivity index (χ0n) is 18.8. The Morgan fingerprint density at radius 1 is 0.656 bits per heavy atom. The maximum Gasteiger partial charge on any atom is 4.00 e. The summed E-state index contributed by atoms with van der Waals surface area (Å²) < 4.78 is 0. The van der Waals surface area contributed by atoms with Gasteiger partial charge >= 0.3 is 21.7 Å². The molecule has 0 saturated heterocycles. The first-order valence-corrected chi connectivity index (χ1v) is 10.0. The van der Waals surface area contributed by atoms with Crippen LogP contribution in [0.25, 0.3) is 5.57 Å². The Hall–Kier alpha value is -1.28. The first kappa shape index (κ1) is 30.7. The van der Waals surface area contributed by atoms with Gasteiger partial charge in [0.05, 0.1) is 0 Å². The molecule has 1 aliphatic carbocycles. The van der Waals surface area contributed by atoms with Crippen LogP contribution in [-0.2, 0) is 21.7 Å². The molecule has 0 saturated carbocycles. The van der Waals surface area contributed by atoms with Crippen molar-refractivity contribution in [1.29, 1.82) is 0 Å². The third kappa shape index (κ3) is 7.11. The fraction of sp³-hybridized carbons (Fsp3) is 0.214. The predicted octanol–water partition coefficient (Wildman–Crippen LogP) is -1.72. The molecule has 3 aromatic carbocycles. The van der Waals surface area contributed by atoms with Crippen LogP contribution in [0.2, 0.25) is 0 Å². The van der Waals surface area contributed by atoms with Crippen LogP contribution >= 0.6 is 0 Å². The summed E-state index contributed by atoms with van der Waals surface area (Å²) in [5.41, 5.74) is 11.8. The Labute approximate surface area is 226 Å². The number of aryl methyl sites for hydroxylation is 4. The molecule has 32 heavy (non-hydrogen) atoms. The molecule has 0 heterocycles. The molecule has 0 nitrogen and oxygen atoms in total. The second kappa shape index (κ2) is 13.4. The topological polar surface area (TPSA) is 0 Å². The van der Waals surface area contributed by atoms with E-state index in [4.69, 9.17) is 0 Å². The fourth-order valence-electron chi connectivity index (χ4n) is 4.43. The molecule has 0 spiro atoms. The van der Waals surface area contributed by atoms with Crippen molar-refractivity contribution in [3.63, 3.8) is 0 Å². The van der Waals surface area contributed by atoms with Crippen molar-refractivity contribution in [2.75, 3.05) is 0 Å². The van der Waals surface area contributed by atoms with Crippen LogP contribution in [0.15, 0.2) is 78.4 Å². The second-order valence-electron chi connectivity index (χ2n) is 8.11. The Kier molecular flexibility index (Phi) is 12.9. The van der Waals surface area contributed by atoms with E-state index < -0.39 is 0 Å². The van der Waals surface area contributed by atoms with Crippen molar-refractivity contribution in [1.82, 2.24) is 0 Å². The molecule has 0 N–H and O–H groups in total. The normalized spacial score (nSPS) is 11.9. The molecule has 0 bridgehead atoms. The maximum absolute atomic E-state index is 3.76. The van der Waals surface area contributed by atoms with Crippen LogP contribution in [0.5, 0.6) is 0 Å². The van der Waals surface area contributed by atoms with Gasteiger partial charge in [-0.2, -0.15) is 17.7 Å². The van der Waals surface area contributed by atoms with Crippen LogP contribution in [0.1, 0.15) is 51.3 Å². The van der Waals surface area contributed by atoms with Crippen molar-refractivity contribution in [2.45, 2.75) is 40.0 Å². The van der Waals surface area contributed by atoms with E-state index in [0.717, 1.165) is 6.42 Å². The van der Waals surface area contributed by atoms with Gasteiger partial charge in [-0.3, -0.25) is 0 Å². The van der Waals surface area contributed by atoms with Gasteiger partial charge < -0.3 is 37.2 Å². The molecule has 0 fully saturated rings. The number of hydrogen-bond acceptors (Lipinski definition) is 0. The van der Waals surface area contributed by atoms with E-state index in [1.54, 1.807) is 0 Å². The van der Waals surface area contributed by atoms with Gasteiger partial charge in [-0.15, -0.1) is 23.3 Å². The summed E-state index contributed by atoms with van der Waals surface area (Å²) in [6, 6.07) is 24.5. The summed E-state index contributed by atoms with van der Waals surface area (Å²) >= 11 is 0. The van der Waals surface area contributed by atoms with E-state index in [2.05, 4.69) is 107 Å². The third-order valence-electron chi connectivity index (χ3n) is 5.41. The summed E-state index contributed by atoms with van der Waals surface area (Å²) in [5.74, 6) is 0.245. The zero-order valence-corrected chi connectivity index (χ0v) is 22.7. The Bertz CT molecular complexity index is 993. The number of rotatable bonds is 4. The Morgan fingerprint density at radius 3 is 1.53 bits per heavy atom. The number of halogens is 3. The van der Waals surface area contributed by atoms with E-state index >= 15 is 0 Å². The molecule has 0 aliphatic heterocycles. The molecule has 4 rings (SSSR count). The fourth-order valence-corrected chi connectivity index (χ4v) is 4.43. The van der Waals surface area contributed by atoms with Crippen molar-refractivity contribution in [2.24, 2.45) is 0 Å². The van der Waals surface area contributed by atoms with Gasteiger partial charge in [0.2, 0.25) is 0 Å². The first-order valence-electron chi connectivity index (χ1n) is 10.0. The van der Waals surface area contributed by atoms with E-state index in [1.165, 1.54) is 50.1 Å². The van der Waals surface area contributed by atoms with Gasteiger partial charge in [0.1, 0.15) is 0 Å². The standard InChI is InChI=1S/C28H27.3ClH.Ti/c1-19-12-20(2)15-26(14-19)28(27-16-21(3)13-22(4)17-27)25-11-10-24(18-25)23-8-6-5-7-9-23;;;;/h5-10,12-17,28H,11H2,1-4H3;3*1H;/q-1;;;;+4/p-3. The molecule has 164 valence electrons. The molecule has 0 unspecified atom stereocenters. The molecule has 0 aromatic heterocycles. The summed E-state index contributed by atoms with van der Waals surface area (Å²) in [6.07, 6.45) is 7.04. The molecular formula is C28H27Cl3Ti. The minimum Gasteiger partial charge on any atom is -1.00 e. The van der Waals surface area contributed by atoms with E-state index in [0.29, 0.717) is 0 Å². The smallest absolute Gasteiger partial charge is 1.00 e. The molecule has 0 radical (unpaired) electrons. The van der Waals surface area contributed by atoms with Crippen LogP contribution in [0.4, 0.5) is 0 Å². The van der Waals surface area contributed by atoms with Crippen molar-refractivity contribution >= 4 is 5.57 Å². The van der Waals surface area contributed by atoms with Gasteiger partial charge in [-0.1, -0.05) is 83.3 Å². The quantitative estimate of drug-likeness (QED) is 0.285. The molecule has 0 amide bonds. The Morgan fingerprint density at radius 2 is 1.09 bits per heavy atom. The van der Waals surface area contributed by atoms with Gasteiger partial charge in [-0.05, 0) is 38.8 Å². The first-order chi connectivity index (χ1) is 13.5. The summed E-state index contributed by atoms with van der Waals surface area (Å²) in [4.78, 5) is 0. The predicted molar refractivity (Wildman–Crippen MR) is 119 cm³/mol. The average Bonchev–Trinajstić information content (AvgIpc) is 3.11. The molecule has 4 heteroatoms. The molecule has 1 aliphatic rings. The number of hydrogen-bond donors (Lipinski definition) is 0. The summed E-state index contributed by atoms with van der Waals surface area (Å²) in [7, 11) is 0. The molecular weight excluding hydrogens is 491 g/mol. The third-order valence-corrected chi connectivity index (χ3v) is 5.41. The number of benzene rings is 3. The van der Waals surface area contributed by atoms with Crippen LogP contribution in [0, 0.1) is 33.8 Å². The second-order valence-corrected chi connectivity index (χ2v) is 8.11. The maximum atomic E-state index is 3.76. The molecule has 0 atom stereocenters. The van der Waals surface area contributed by atoms with Crippen molar-refractivity contribution in [3.8, 4) is 0 Å². The average molecular weight is 518 g/mol. The van der Waals surface area contributed by atoms with Crippen LogP contribution in [-0.4, -0.2) is 0 Å². The zero-order chi connectivity index (χ0) is 19.7. The summed E-state index contributed by atoms with van der Waals surface area (Å²) in [5, 5.41) is 0. The van der Waals surface area contributed by atoms with E-state index in [9.17, 15) is 0 Å². The van der Waals surface area contributed by atoms with Gasteiger partial charge in [0, 0.05) is 5.92 Å². The van der Waals surface area contributed by atoms with Crippen molar-refractivity contribution < 1.29 is 58.9 Å². The minimum absolute atomic E-state index is 0. The minimum atomic E-state index is 0. The number of allylic oxidation sites excluding steroid dienone is 4.